The Bertz CT molecular complexity index is 359. The summed E-state index contributed by atoms with van der Waals surface area (Å²) in [5, 5.41) is 0. The van der Waals surface area contributed by atoms with Crippen LogP contribution in [0.4, 0.5) is 4.39 Å². The second-order valence-electron chi connectivity index (χ2n) is 3.89. The molecule has 1 aromatic carbocycles. The summed E-state index contributed by atoms with van der Waals surface area (Å²) < 4.78 is 24.2. The lowest BCUT2D eigenvalue weighted by molar-refractivity contribution is -0.113. The zero-order valence-electron chi connectivity index (χ0n) is 9.03. The molecule has 2 nitrogen and oxygen atoms in total. The smallest absolute Gasteiger partial charge is 0.128 e. The Kier molecular flexibility index (Phi) is 3.95. The van der Waals surface area contributed by atoms with Crippen LogP contribution in [0.1, 0.15) is 12.0 Å². The lowest BCUT2D eigenvalue weighted by atomic mass is 9.91. The van der Waals surface area contributed by atoms with Gasteiger partial charge in [0.05, 0.1) is 18.8 Å². The van der Waals surface area contributed by atoms with E-state index < -0.39 is 0 Å². The molecule has 88 valence electrons. The molecule has 1 saturated carbocycles. The van der Waals surface area contributed by atoms with Gasteiger partial charge in [-0.05, 0) is 12.5 Å². The van der Waals surface area contributed by atoms with Crippen LogP contribution in [0.15, 0.2) is 24.3 Å². The van der Waals surface area contributed by atoms with Crippen molar-refractivity contribution in [2.45, 2.75) is 30.1 Å². The van der Waals surface area contributed by atoms with Gasteiger partial charge in [0.15, 0.2) is 0 Å². The first-order valence-electron chi connectivity index (χ1n) is 5.24. The fourth-order valence-corrected chi connectivity index (χ4v) is 2.73. The molecule has 4 heteroatoms. The summed E-state index contributed by atoms with van der Waals surface area (Å²) >= 11 is 3.49. The van der Waals surface area contributed by atoms with E-state index in [1.807, 2.05) is 6.07 Å². The number of halogens is 2. The van der Waals surface area contributed by atoms with Gasteiger partial charge < -0.3 is 9.47 Å². The molecule has 0 aromatic heterocycles. The molecule has 1 aromatic rings. The normalized spacial score (nSPS) is 28.8. The third-order valence-corrected chi connectivity index (χ3v) is 3.76. The molecule has 0 N–H and O–H groups in total. The van der Waals surface area contributed by atoms with Gasteiger partial charge in [0, 0.05) is 17.5 Å². The van der Waals surface area contributed by atoms with Gasteiger partial charge >= 0.3 is 0 Å². The van der Waals surface area contributed by atoms with Crippen LogP contribution in [0, 0.1) is 5.82 Å². The quantitative estimate of drug-likeness (QED) is 0.793. The van der Waals surface area contributed by atoms with Crippen molar-refractivity contribution in [1.82, 2.24) is 0 Å². The van der Waals surface area contributed by atoms with Crippen LogP contribution in [0.25, 0.3) is 0 Å². The number of ether oxygens (including phenoxy) is 2. The van der Waals surface area contributed by atoms with Crippen molar-refractivity contribution in [3.05, 3.63) is 35.6 Å². The zero-order chi connectivity index (χ0) is 11.5. The molecule has 0 heterocycles. The minimum atomic E-state index is -0.216. The van der Waals surface area contributed by atoms with E-state index in [4.69, 9.17) is 9.47 Å². The molecular formula is C12H14BrFO2. The van der Waals surface area contributed by atoms with Gasteiger partial charge in [0.25, 0.3) is 0 Å². The molecule has 1 aliphatic rings. The maximum Gasteiger partial charge on any atom is 0.128 e. The molecule has 3 unspecified atom stereocenters. The van der Waals surface area contributed by atoms with Crippen molar-refractivity contribution in [2.24, 2.45) is 0 Å². The number of hydrogen-bond donors (Lipinski definition) is 0. The Hall–Kier alpha value is -0.450. The van der Waals surface area contributed by atoms with Crippen LogP contribution >= 0.6 is 15.9 Å². The van der Waals surface area contributed by atoms with E-state index in [0.29, 0.717) is 17.0 Å². The van der Waals surface area contributed by atoms with E-state index in [9.17, 15) is 4.39 Å². The second kappa shape index (κ2) is 5.25. The van der Waals surface area contributed by atoms with Crippen molar-refractivity contribution in [3.8, 4) is 0 Å². The van der Waals surface area contributed by atoms with E-state index in [1.54, 1.807) is 19.2 Å². The molecule has 0 aliphatic heterocycles. The SMILES string of the molecule is COC1C(Br)CC1OCc1ccccc1F. The Labute approximate surface area is 103 Å². The summed E-state index contributed by atoms with van der Waals surface area (Å²) in [6.45, 7) is 0.302. The minimum Gasteiger partial charge on any atom is -0.378 e. The molecule has 0 amide bonds. The van der Waals surface area contributed by atoms with E-state index in [2.05, 4.69) is 15.9 Å². The standard InChI is InChI=1S/C12H14BrFO2/c1-15-12-9(13)6-11(12)16-7-8-4-2-3-5-10(8)14/h2-5,9,11-12H,6-7H2,1H3. The molecule has 0 saturated heterocycles. The maximum atomic E-state index is 13.3. The Morgan fingerprint density at radius 2 is 2.19 bits per heavy atom. The third-order valence-electron chi connectivity index (χ3n) is 2.86. The van der Waals surface area contributed by atoms with Gasteiger partial charge in [-0.1, -0.05) is 34.1 Å². The molecule has 3 atom stereocenters. The van der Waals surface area contributed by atoms with Crippen LogP contribution in [-0.2, 0) is 16.1 Å². The molecular weight excluding hydrogens is 275 g/mol. The van der Waals surface area contributed by atoms with Gasteiger partial charge in [-0.3, -0.25) is 0 Å². The van der Waals surface area contributed by atoms with E-state index in [0.717, 1.165) is 6.42 Å². The fourth-order valence-electron chi connectivity index (χ4n) is 1.80. The Morgan fingerprint density at radius 1 is 1.44 bits per heavy atom. The predicted octanol–water partition coefficient (Wildman–Crippen LogP) is 2.89. The van der Waals surface area contributed by atoms with Gasteiger partial charge in [-0.25, -0.2) is 4.39 Å². The fraction of sp³-hybridized carbons (Fsp3) is 0.500. The van der Waals surface area contributed by atoms with Gasteiger partial charge in [0.1, 0.15) is 5.82 Å². The summed E-state index contributed by atoms with van der Waals surface area (Å²) in [6.07, 6.45) is 1.05. The van der Waals surface area contributed by atoms with Crippen molar-refractivity contribution >= 4 is 15.9 Å². The summed E-state index contributed by atoms with van der Waals surface area (Å²) in [5.41, 5.74) is 0.593. The first kappa shape index (κ1) is 12.0. The Balaban J connectivity index is 1.87. The van der Waals surface area contributed by atoms with Crippen molar-refractivity contribution in [2.75, 3.05) is 7.11 Å². The van der Waals surface area contributed by atoms with Crippen molar-refractivity contribution in [3.63, 3.8) is 0 Å². The predicted molar refractivity (Wildman–Crippen MR) is 63.1 cm³/mol. The lowest BCUT2D eigenvalue weighted by Crippen LogP contribution is -2.50. The summed E-state index contributed by atoms with van der Waals surface area (Å²) in [7, 11) is 1.66. The summed E-state index contributed by atoms with van der Waals surface area (Å²) in [6, 6.07) is 6.67. The minimum absolute atomic E-state index is 0.0639. The highest BCUT2D eigenvalue weighted by Gasteiger charge is 2.40. The Morgan fingerprint density at radius 3 is 2.81 bits per heavy atom. The largest absolute Gasteiger partial charge is 0.378 e. The number of alkyl halides is 1. The number of methoxy groups -OCH3 is 1. The van der Waals surface area contributed by atoms with Crippen molar-refractivity contribution < 1.29 is 13.9 Å². The molecule has 0 radical (unpaired) electrons. The molecule has 0 bridgehead atoms. The summed E-state index contributed by atoms with van der Waals surface area (Å²) in [4.78, 5) is 0.350. The monoisotopic (exact) mass is 288 g/mol. The first-order chi connectivity index (χ1) is 7.72. The molecule has 1 aliphatic carbocycles. The third kappa shape index (κ3) is 2.44. The zero-order valence-corrected chi connectivity index (χ0v) is 10.6. The van der Waals surface area contributed by atoms with Crippen LogP contribution in [-0.4, -0.2) is 24.1 Å². The average molecular weight is 289 g/mol. The highest BCUT2D eigenvalue weighted by atomic mass is 79.9. The average Bonchev–Trinajstić information content (AvgIpc) is 2.26. The lowest BCUT2D eigenvalue weighted by Gasteiger charge is -2.40. The van der Waals surface area contributed by atoms with E-state index >= 15 is 0 Å². The second-order valence-corrected chi connectivity index (χ2v) is 5.07. The first-order valence-corrected chi connectivity index (χ1v) is 6.16. The van der Waals surface area contributed by atoms with E-state index in [-0.39, 0.29) is 18.0 Å². The highest BCUT2D eigenvalue weighted by Crippen LogP contribution is 2.33. The van der Waals surface area contributed by atoms with Crippen LogP contribution in [0.2, 0.25) is 0 Å². The molecule has 1 fully saturated rings. The topological polar surface area (TPSA) is 18.5 Å². The molecule has 0 spiro atoms. The van der Waals surface area contributed by atoms with E-state index in [1.165, 1.54) is 6.07 Å². The van der Waals surface area contributed by atoms with Crippen LogP contribution in [0.5, 0.6) is 0 Å². The van der Waals surface area contributed by atoms with Crippen molar-refractivity contribution in [1.29, 1.82) is 0 Å². The van der Waals surface area contributed by atoms with Gasteiger partial charge in [-0.15, -0.1) is 0 Å². The highest BCUT2D eigenvalue weighted by molar-refractivity contribution is 9.09. The summed E-state index contributed by atoms with van der Waals surface area (Å²) in [5.74, 6) is -0.216. The van der Waals surface area contributed by atoms with Crippen LogP contribution in [0.3, 0.4) is 0 Å². The van der Waals surface area contributed by atoms with Gasteiger partial charge in [0.2, 0.25) is 0 Å². The molecule has 16 heavy (non-hydrogen) atoms. The van der Waals surface area contributed by atoms with Crippen LogP contribution < -0.4 is 0 Å². The number of rotatable bonds is 4. The maximum absolute atomic E-state index is 13.3. The molecule has 2 rings (SSSR count). The van der Waals surface area contributed by atoms with Gasteiger partial charge in [-0.2, -0.15) is 0 Å². The number of benzene rings is 1. The number of hydrogen-bond acceptors (Lipinski definition) is 2.